The smallest absolute Gasteiger partial charge is 0.424 e. The molecule has 22 heavy (non-hydrogen) atoms. The number of amides is 1. The molecule has 0 aliphatic heterocycles. The van der Waals surface area contributed by atoms with Crippen molar-refractivity contribution in [2.75, 3.05) is 20.3 Å². The van der Waals surface area contributed by atoms with E-state index in [2.05, 4.69) is 15.3 Å². The van der Waals surface area contributed by atoms with Gasteiger partial charge < -0.3 is 9.84 Å². The predicted molar refractivity (Wildman–Crippen MR) is 87.7 cm³/mol. The minimum Gasteiger partial charge on any atom is -0.424 e. The van der Waals surface area contributed by atoms with Gasteiger partial charge >= 0.3 is 12.8 Å². The Labute approximate surface area is 134 Å². The van der Waals surface area contributed by atoms with Gasteiger partial charge in [-0.3, -0.25) is 13.9 Å². The molecular weight excluding hydrogens is 327 g/mol. The largest absolute Gasteiger partial charge is 0.433 e. The van der Waals surface area contributed by atoms with Crippen LogP contribution in [-0.2, 0) is 25.7 Å². The van der Waals surface area contributed by atoms with Gasteiger partial charge in [0.25, 0.3) is 0 Å². The molecular formula is C13H19N2O5PS. The number of carbonyl (C=O) groups is 1. The van der Waals surface area contributed by atoms with E-state index in [9.17, 15) is 4.79 Å². The van der Waals surface area contributed by atoms with Crippen molar-refractivity contribution >= 4 is 30.8 Å². The maximum absolute atomic E-state index is 10.9. The predicted octanol–water partition coefficient (Wildman–Crippen LogP) is 3.05. The number of benzene rings is 1. The number of hydrogen-bond acceptors (Lipinski definition) is 7. The van der Waals surface area contributed by atoms with E-state index in [-0.39, 0.29) is 0 Å². The number of rotatable bonds is 8. The Bertz CT molecular complexity index is 557. The van der Waals surface area contributed by atoms with Crippen molar-refractivity contribution < 1.29 is 23.2 Å². The molecule has 1 rings (SSSR count). The molecule has 1 N–H and O–H groups in total. The highest BCUT2D eigenvalue weighted by atomic mass is 32.5. The first-order valence-corrected chi connectivity index (χ1v) is 9.19. The number of hydrogen-bond donors (Lipinski definition) is 1. The first kappa shape index (κ1) is 18.6. The van der Waals surface area contributed by atoms with E-state index in [4.69, 9.17) is 25.4 Å². The number of nitrogens with zero attached hydrogens (tertiary/aromatic N) is 1. The van der Waals surface area contributed by atoms with Crippen LogP contribution in [0.5, 0.6) is 5.75 Å². The minimum absolute atomic E-state index is 0.401. The van der Waals surface area contributed by atoms with Crippen LogP contribution < -0.4 is 9.84 Å². The third kappa shape index (κ3) is 6.53. The van der Waals surface area contributed by atoms with Crippen molar-refractivity contribution in [3.05, 3.63) is 29.8 Å². The van der Waals surface area contributed by atoms with Gasteiger partial charge in [0.15, 0.2) is 0 Å². The number of carbonyl (C=O) groups excluding carboxylic acids is 1. The molecule has 7 nitrogen and oxygen atoms in total. The molecule has 0 unspecified atom stereocenters. The van der Waals surface area contributed by atoms with Crippen molar-refractivity contribution in [3.63, 3.8) is 0 Å². The Kier molecular flexibility index (Phi) is 8.05. The summed E-state index contributed by atoms with van der Waals surface area (Å²) in [4.78, 5) is 15.4. The molecule has 0 fully saturated rings. The lowest BCUT2D eigenvalue weighted by atomic mass is 10.2. The molecule has 9 heteroatoms. The molecule has 0 saturated carbocycles. The standard InChI is InChI=1S/C13H19N2O5PS/c1-4-17-21(22,18-5-2)20-12-8-6-7-11(9-12)10-15-19-13(16)14-3/h6-10H,4-5H2,1-3H3,(H,14,16)/b15-10+. The molecule has 0 saturated heterocycles. The third-order valence-electron chi connectivity index (χ3n) is 2.19. The minimum atomic E-state index is -2.81. The van der Waals surface area contributed by atoms with E-state index in [1.54, 1.807) is 24.3 Å². The molecule has 0 heterocycles. The van der Waals surface area contributed by atoms with Gasteiger partial charge in [-0.15, -0.1) is 0 Å². The Morgan fingerprint density at radius 1 is 1.36 bits per heavy atom. The van der Waals surface area contributed by atoms with Crippen LogP contribution in [0.4, 0.5) is 4.79 Å². The Balaban J connectivity index is 2.78. The Morgan fingerprint density at radius 3 is 2.64 bits per heavy atom. The van der Waals surface area contributed by atoms with Gasteiger partial charge in [-0.25, -0.2) is 4.79 Å². The highest BCUT2D eigenvalue weighted by molar-refractivity contribution is 8.07. The quantitative estimate of drug-likeness (QED) is 0.337. The fraction of sp³-hybridized carbons (Fsp3) is 0.385. The summed E-state index contributed by atoms with van der Waals surface area (Å²) in [6, 6.07) is 6.95. The summed E-state index contributed by atoms with van der Waals surface area (Å²) in [7, 11) is 1.45. The maximum Gasteiger partial charge on any atom is 0.433 e. The molecule has 0 radical (unpaired) electrons. The average molecular weight is 346 g/mol. The summed E-state index contributed by atoms with van der Waals surface area (Å²) >= 11 is 5.30. The summed E-state index contributed by atoms with van der Waals surface area (Å²) in [6.07, 6.45) is 0.735. The molecule has 122 valence electrons. The summed E-state index contributed by atoms with van der Waals surface area (Å²) in [5, 5.41) is 5.83. The molecule has 0 aromatic heterocycles. The van der Waals surface area contributed by atoms with Gasteiger partial charge in [0, 0.05) is 18.9 Å². The zero-order chi connectivity index (χ0) is 16.4. The third-order valence-corrected chi connectivity index (χ3v) is 4.63. The zero-order valence-electron chi connectivity index (χ0n) is 12.6. The average Bonchev–Trinajstić information content (AvgIpc) is 2.47. The van der Waals surface area contributed by atoms with E-state index in [1.165, 1.54) is 13.3 Å². The van der Waals surface area contributed by atoms with Crippen molar-refractivity contribution in [3.8, 4) is 5.75 Å². The van der Waals surface area contributed by atoms with Gasteiger partial charge in [-0.05, 0) is 31.5 Å². The molecule has 0 aliphatic rings. The molecule has 1 aromatic rings. The first-order chi connectivity index (χ1) is 10.5. The fourth-order valence-corrected chi connectivity index (χ4v) is 3.44. The van der Waals surface area contributed by atoms with Crippen LogP contribution in [0.1, 0.15) is 19.4 Å². The normalized spacial score (nSPS) is 11.4. The van der Waals surface area contributed by atoms with E-state index in [0.717, 1.165) is 0 Å². The Hall–Kier alpha value is -1.47. The second-order valence-corrected chi connectivity index (χ2v) is 6.74. The van der Waals surface area contributed by atoms with Crippen LogP contribution >= 0.6 is 6.72 Å². The molecule has 0 atom stereocenters. The lowest BCUT2D eigenvalue weighted by Crippen LogP contribution is -2.16. The summed E-state index contributed by atoms with van der Waals surface area (Å²) in [5.41, 5.74) is 0.677. The van der Waals surface area contributed by atoms with Crippen molar-refractivity contribution in [1.29, 1.82) is 0 Å². The zero-order valence-corrected chi connectivity index (χ0v) is 14.4. The monoisotopic (exact) mass is 346 g/mol. The van der Waals surface area contributed by atoms with E-state index < -0.39 is 12.8 Å². The molecule has 1 amide bonds. The van der Waals surface area contributed by atoms with E-state index in [0.29, 0.717) is 24.5 Å². The topological polar surface area (TPSA) is 78.4 Å². The summed E-state index contributed by atoms with van der Waals surface area (Å²) < 4.78 is 16.5. The van der Waals surface area contributed by atoms with Crippen LogP contribution in [0.3, 0.4) is 0 Å². The van der Waals surface area contributed by atoms with Crippen LogP contribution in [-0.4, -0.2) is 32.6 Å². The van der Waals surface area contributed by atoms with Crippen molar-refractivity contribution in [2.45, 2.75) is 13.8 Å². The Morgan fingerprint density at radius 2 is 2.05 bits per heavy atom. The summed E-state index contributed by atoms with van der Waals surface area (Å²) in [6.45, 7) is 1.63. The molecule has 0 spiro atoms. The van der Waals surface area contributed by atoms with Crippen LogP contribution in [0, 0.1) is 0 Å². The fourth-order valence-electron chi connectivity index (χ4n) is 1.37. The van der Waals surface area contributed by atoms with E-state index >= 15 is 0 Å². The van der Waals surface area contributed by atoms with Crippen LogP contribution in [0.25, 0.3) is 0 Å². The molecule has 0 aliphatic carbocycles. The number of nitrogens with one attached hydrogen (secondary N) is 1. The van der Waals surface area contributed by atoms with E-state index in [1.807, 2.05) is 13.8 Å². The van der Waals surface area contributed by atoms with Crippen LogP contribution in [0.15, 0.2) is 29.4 Å². The van der Waals surface area contributed by atoms with Gasteiger partial charge in [0.2, 0.25) is 0 Å². The first-order valence-electron chi connectivity index (χ1n) is 6.64. The lowest BCUT2D eigenvalue weighted by Gasteiger charge is -2.21. The van der Waals surface area contributed by atoms with Gasteiger partial charge in [-0.1, -0.05) is 17.3 Å². The SMILES string of the molecule is CCOP(=S)(OCC)Oc1cccc(/C=N/OC(=O)NC)c1. The second-order valence-electron chi connectivity index (χ2n) is 3.81. The van der Waals surface area contributed by atoms with Gasteiger partial charge in [-0.2, -0.15) is 0 Å². The molecule has 1 aromatic carbocycles. The number of oxime groups is 1. The van der Waals surface area contributed by atoms with Crippen LogP contribution in [0.2, 0.25) is 0 Å². The second kappa shape index (κ2) is 9.53. The highest BCUT2D eigenvalue weighted by Crippen LogP contribution is 2.49. The van der Waals surface area contributed by atoms with Gasteiger partial charge in [0.1, 0.15) is 5.75 Å². The van der Waals surface area contributed by atoms with Gasteiger partial charge in [0.05, 0.1) is 19.4 Å². The highest BCUT2D eigenvalue weighted by Gasteiger charge is 2.21. The van der Waals surface area contributed by atoms with Crippen molar-refractivity contribution in [1.82, 2.24) is 5.32 Å². The lowest BCUT2D eigenvalue weighted by molar-refractivity contribution is 0.154. The van der Waals surface area contributed by atoms with Crippen molar-refractivity contribution in [2.24, 2.45) is 5.16 Å². The molecule has 0 bridgehead atoms. The maximum atomic E-state index is 10.9. The summed E-state index contributed by atoms with van der Waals surface area (Å²) in [5.74, 6) is 0.495.